The number of rotatable bonds is 9. The fourth-order valence-corrected chi connectivity index (χ4v) is 0.945. The molecule has 4 heteroatoms. The van der Waals surface area contributed by atoms with Gasteiger partial charge >= 0.3 is 5.97 Å². The van der Waals surface area contributed by atoms with Crippen molar-refractivity contribution in [1.82, 2.24) is 0 Å². The number of carbonyl (C=O) groups is 1. The molecule has 17 heavy (non-hydrogen) atoms. The molecule has 0 aliphatic heterocycles. The Labute approximate surface area is 103 Å². The molecule has 0 saturated heterocycles. The molecule has 1 atom stereocenters. The molecule has 0 rings (SSSR count). The Kier molecular flexibility index (Phi) is 8.36. The van der Waals surface area contributed by atoms with E-state index in [2.05, 4.69) is 13.2 Å². The smallest absolute Gasteiger partial charge is 0.335 e. The van der Waals surface area contributed by atoms with Crippen molar-refractivity contribution in [3.63, 3.8) is 0 Å². The highest BCUT2D eigenvalue weighted by Crippen LogP contribution is 2.01. The zero-order valence-corrected chi connectivity index (χ0v) is 11.0. The van der Waals surface area contributed by atoms with Gasteiger partial charge in [-0.2, -0.15) is 0 Å². The summed E-state index contributed by atoms with van der Waals surface area (Å²) in [6, 6.07) is 0. The second-order valence-corrected chi connectivity index (χ2v) is 4.02. The largest absolute Gasteiger partial charge is 0.462 e. The van der Waals surface area contributed by atoms with Crippen molar-refractivity contribution >= 4 is 5.97 Å². The number of ether oxygens (including phenoxy) is 3. The molecule has 0 saturated carbocycles. The monoisotopic (exact) mass is 242 g/mol. The van der Waals surface area contributed by atoms with Crippen molar-refractivity contribution in [2.45, 2.75) is 26.4 Å². The van der Waals surface area contributed by atoms with Gasteiger partial charge in [0.25, 0.3) is 0 Å². The Balaban J connectivity index is 3.68. The summed E-state index contributed by atoms with van der Waals surface area (Å²) in [6.45, 7) is 12.0. The van der Waals surface area contributed by atoms with Crippen LogP contribution in [0.3, 0.4) is 0 Å². The maximum atomic E-state index is 11.4. The van der Waals surface area contributed by atoms with Gasteiger partial charge in [-0.15, -0.1) is 0 Å². The van der Waals surface area contributed by atoms with E-state index >= 15 is 0 Å². The van der Waals surface area contributed by atoms with Crippen LogP contribution < -0.4 is 0 Å². The number of hydrogen-bond donors (Lipinski definition) is 0. The number of esters is 1. The molecule has 0 fully saturated rings. The first-order valence-electron chi connectivity index (χ1n) is 5.57. The Hall–Kier alpha value is -1.13. The second-order valence-electron chi connectivity index (χ2n) is 4.02. The van der Waals surface area contributed by atoms with E-state index in [0.29, 0.717) is 25.2 Å². The van der Waals surface area contributed by atoms with Crippen LogP contribution in [0, 0.1) is 0 Å². The van der Waals surface area contributed by atoms with Gasteiger partial charge in [-0.25, -0.2) is 4.79 Å². The summed E-state index contributed by atoms with van der Waals surface area (Å²) in [6.07, 6.45) is 0.748. The minimum atomic E-state index is -0.421. The van der Waals surface area contributed by atoms with Crippen LogP contribution in [0.4, 0.5) is 0 Å². The number of carbonyl (C=O) groups excluding carboxylic acids is 1. The molecule has 0 aliphatic carbocycles. The molecule has 0 N–H and O–H groups in total. The third-order valence-electron chi connectivity index (χ3n) is 2.07. The summed E-state index contributed by atoms with van der Waals surface area (Å²) in [5.41, 5.74) is 1.22. The topological polar surface area (TPSA) is 44.8 Å². The van der Waals surface area contributed by atoms with Crippen LogP contribution in [-0.2, 0) is 19.0 Å². The molecule has 0 radical (unpaired) electrons. The van der Waals surface area contributed by atoms with E-state index in [4.69, 9.17) is 14.2 Å². The zero-order valence-electron chi connectivity index (χ0n) is 11.0. The van der Waals surface area contributed by atoms with E-state index < -0.39 is 5.97 Å². The Morgan fingerprint density at radius 3 is 2.47 bits per heavy atom. The first-order valence-corrected chi connectivity index (χ1v) is 5.57. The molecule has 0 aliphatic rings. The van der Waals surface area contributed by atoms with Crippen LogP contribution in [0.15, 0.2) is 24.3 Å². The van der Waals surface area contributed by atoms with Gasteiger partial charge in [0.2, 0.25) is 0 Å². The first-order chi connectivity index (χ1) is 7.97. The summed E-state index contributed by atoms with van der Waals surface area (Å²) in [4.78, 5) is 11.4. The van der Waals surface area contributed by atoms with Gasteiger partial charge in [-0.05, 0) is 13.8 Å². The quantitative estimate of drug-likeness (QED) is 0.353. The fourth-order valence-electron chi connectivity index (χ4n) is 0.945. The van der Waals surface area contributed by atoms with Crippen molar-refractivity contribution in [2.75, 3.05) is 26.9 Å². The van der Waals surface area contributed by atoms with Crippen molar-refractivity contribution in [2.24, 2.45) is 0 Å². The van der Waals surface area contributed by atoms with E-state index in [-0.39, 0.29) is 12.7 Å². The highest BCUT2D eigenvalue weighted by molar-refractivity contribution is 5.87. The molecule has 4 nitrogen and oxygen atoms in total. The summed E-state index contributed by atoms with van der Waals surface area (Å²) >= 11 is 0. The molecule has 0 spiro atoms. The number of hydrogen-bond acceptors (Lipinski definition) is 4. The van der Waals surface area contributed by atoms with Gasteiger partial charge in [-0.3, -0.25) is 0 Å². The molecular formula is C13H22O4. The van der Waals surface area contributed by atoms with Crippen molar-refractivity contribution < 1.29 is 19.0 Å². The Bertz CT molecular complexity index is 271. The van der Waals surface area contributed by atoms with Crippen molar-refractivity contribution in [1.29, 1.82) is 0 Å². The maximum Gasteiger partial charge on any atom is 0.335 e. The van der Waals surface area contributed by atoms with Gasteiger partial charge in [0.05, 0.1) is 31.5 Å². The molecule has 98 valence electrons. The highest BCUT2D eigenvalue weighted by Gasteiger charge is 2.09. The molecule has 1 unspecified atom stereocenters. The normalized spacial score (nSPS) is 11.9. The average molecular weight is 242 g/mol. The van der Waals surface area contributed by atoms with E-state index in [0.717, 1.165) is 5.57 Å². The maximum absolute atomic E-state index is 11.4. The summed E-state index contributed by atoms with van der Waals surface area (Å²) in [5.74, 6) is -0.421. The predicted molar refractivity (Wildman–Crippen MR) is 66.8 cm³/mol. The second kappa shape index (κ2) is 8.96. The molecule has 0 amide bonds. The molecule has 0 bridgehead atoms. The highest BCUT2D eigenvalue weighted by atomic mass is 16.5. The van der Waals surface area contributed by atoms with Crippen LogP contribution in [0.25, 0.3) is 0 Å². The molecular weight excluding hydrogens is 220 g/mol. The van der Waals surface area contributed by atoms with E-state index in [1.807, 2.05) is 13.8 Å². The van der Waals surface area contributed by atoms with Crippen molar-refractivity contribution in [3.05, 3.63) is 24.3 Å². The molecule has 0 heterocycles. The zero-order chi connectivity index (χ0) is 13.3. The first kappa shape index (κ1) is 15.9. The van der Waals surface area contributed by atoms with E-state index in [9.17, 15) is 4.79 Å². The standard InChI is InChI=1S/C13H22O4/c1-10(2)8-16-9-11(3)13(14)17-7-6-12(4)15-5/h12H,1,3,6-9H2,2,4-5H3. The van der Waals surface area contributed by atoms with Crippen LogP contribution in [0.2, 0.25) is 0 Å². The number of methoxy groups -OCH3 is 1. The molecule has 0 aromatic carbocycles. The SMILES string of the molecule is C=C(C)COCC(=C)C(=O)OCCC(C)OC. The van der Waals surface area contributed by atoms with Gasteiger partial charge in [0.15, 0.2) is 0 Å². The van der Waals surface area contributed by atoms with E-state index in [1.54, 1.807) is 7.11 Å². The lowest BCUT2D eigenvalue weighted by Gasteiger charge is -2.10. The summed E-state index contributed by atoms with van der Waals surface area (Å²) in [5, 5.41) is 0. The van der Waals surface area contributed by atoms with Gasteiger partial charge in [-0.1, -0.05) is 18.7 Å². The molecule has 0 aromatic rings. The van der Waals surface area contributed by atoms with Crippen LogP contribution in [-0.4, -0.2) is 39.0 Å². The fraction of sp³-hybridized carbons (Fsp3) is 0.615. The van der Waals surface area contributed by atoms with Crippen molar-refractivity contribution in [3.8, 4) is 0 Å². The predicted octanol–water partition coefficient (Wildman–Crippen LogP) is 2.10. The Morgan fingerprint density at radius 1 is 1.29 bits per heavy atom. The lowest BCUT2D eigenvalue weighted by Crippen LogP contribution is -2.16. The van der Waals surface area contributed by atoms with Gasteiger partial charge in [0, 0.05) is 13.5 Å². The Morgan fingerprint density at radius 2 is 1.94 bits per heavy atom. The van der Waals surface area contributed by atoms with Crippen LogP contribution >= 0.6 is 0 Å². The van der Waals surface area contributed by atoms with Gasteiger partial charge < -0.3 is 14.2 Å². The molecule has 0 aromatic heterocycles. The van der Waals surface area contributed by atoms with Crippen LogP contribution in [0.5, 0.6) is 0 Å². The van der Waals surface area contributed by atoms with E-state index in [1.165, 1.54) is 0 Å². The third kappa shape index (κ3) is 8.65. The lowest BCUT2D eigenvalue weighted by molar-refractivity contribution is -0.140. The summed E-state index contributed by atoms with van der Waals surface area (Å²) < 4.78 is 15.3. The van der Waals surface area contributed by atoms with Gasteiger partial charge in [0.1, 0.15) is 0 Å². The summed E-state index contributed by atoms with van der Waals surface area (Å²) in [7, 11) is 1.62. The average Bonchev–Trinajstić information content (AvgIpc) is 2.27. The lowest BCUT2D eigenvalue weighted by atomic mass is 10.3. The minimum Gasteiger partial charge on any atom is -0.462 e. The van der Waals surface area contributed by atoms with Crippen LogP contribution in [0.1, 0.15) is 20.3 Å². The minimum absolute atomic E-state index is 0.0794. The third-order valence-corrected chi connectivity index (χ3v) is 2.07.